The van der Waals surface area contributed by atoms with Crippen molar-refractivity contribution in [1.82, 2.24) is 0 Å². The summed E-state index contributed by atoms with van der Waals surface area (Å²) in [6.07, 6.45) is 90.6. The molecule has 0 aromatic carbocycles. The molecule has 2 unspecified atom stereocenters. The van der Waals surface area contributed by atoms with E-state index in [1.807, 2.05) is 21.1 Å². The van der Waals surface area contributed by atoms with Crippen molar-refractivity contribution in [1.29, 1.82) is 0 Å². The largest absolute Gasteiger partial charge is 0.545 e. The lowest BCUT2D eigenvalue weighted by Gasteiger charge is -2.26. The Balaban J connectivity index is 4.10. The minimum Gasteiger partial charge on any atom is -0.545 e. The second-order valence-corrected chi connectivity index (χ2v) is 25.5. The Labute approximate surface area is 537 Å². The molecule has 0 amide bonds. The molecule has 0 saturated heterocycles. The van der Waals surface area contributed by atoms with Crippen LogP contribution in [0.2, 0.25) is 0 Å². The van der Waals surface area contributed by atoms with Crippen LogP contribution in [0.3, 0.4) is 0 Å². The van der Waals surface area contributed by atoms with Gasteiger partial charge in [-0.3, -0.25) is 9.59 Å². The predicted molar refractivity (Wildman–Crippen MR) is 371 cm³/mol. The SMILES string of the molecule is CC/C=C\C/C=C\C/C=C\C/C=C\C/C=C\C/C=C\C/C=C\C/C=C\CCCCCCCCCCCCCCC(=O)OC(COC(=O)CCCCCCCCCCCCCCCCCCCCCCCCCCC)COC(OCC[N+](C)(C)C)C(=O)[O-]. The molecule has 502 valence electrons. The fraction of sp³-hybridized carbons (Fsp3) is 0.756. The number of carboxylic acid groups (broad SMARTS) is 1. The van der Waals surface area contributed by atoms with E-state index in [2.05, 4.69) is 111 Å². The van der Waals surface area contributed by atoms with E-state index < -0.39 is 24.3 Å². The molecule has 2 atom stereocenters. The summed E-state index contributed by atoms with van der Waals surface area (Å²) in [7, 11) is 5.94. The molecular formula is C78H137NO8. The van der Waals surface area contributed by atoms with Gasteiger partial charge in [0.25, 0.3) is 0 Å². The van der Waals surface area contributed by atoms with Crippen LogP contribution in [0.5, 0.6) is 0 Å². The standard InChI is InChI=1S/C78H137NO8/c1-6-8-10-12-14-16-18-20-22-24-26-28-30-32-33-34-35-36-37-38-39-40-41-42-43-45-47-49-51-53-55-57-59-61-63-65-67-69-76(81)87-74(73-86-78(77(82)83)84-71-70-79(3,4)5)72-85-75(80)68-66-64-62-60-58-56-54-52-50-48-46-44-31-29-27-25-23-21-19-17-15-13-11-9-7-2/h8,10,14,16,20,22,26,28,32-33,35-36,38-39,41-42,74,78H,6-7,9,11-13,15,17-19,21,23-25,27,29-31,34,37,40,43-73H2,1-5H3/b10-8-,16-14-,22-20-,28-26-,33-32-,36-35-,39-38-,42-41-. The zero-order chi connectivity index (χ0) is 63.3. The summed E-state index contributed by atoms with van der Waals surface area (Å²) >= 11 is 0. The van der Waals surface area contributed by atoms with E-state index in [0.717, 1.165) is 89.9 Å². The third kappa shape index (κ3) is 69.5. The smallest absolute Gasteiger partial charge is 0.306 e. The van der Waals surface area contributed by atoms with Crippen LogP contribution in [-0.2, 0) is 33.3 Å². The van der Waals surface area contributed by atoms with Crippen molar-refractivity contribution in [2.75, 3.05) is 47.5 Å². The van der Waals surface area contributed by atoms with Crippen molar-refractivity contribution in [3.63, 3.8) is 0 Å². The normalized spacial score (nSPS) is 13.3. The summed E-state index contributed by atoms with van der Waals surface area (Å²) < 4.78 is 22.8. The second kappa shape index (κ2) is 68.1. The number of carbonyl (C=O) groups is 3. The zero-order valence-electron chi connectivity index (χ0n) is 57.4. The van der Waals surface area contributed by atoms with E-state index >= 15 is 0 Å². The minimum absolute atomic E-state index is 0.146. The molecule has 0 radical (unpaired) electrons. The van der Waals surface area contributed by atoms with Gasteiger partial charge < -0.3 is 33.3 Å². The summed E-state index contributed by atoms with van der Waals surface area (Å²) in [6.45, 7) is 4.67. The Morgan fingerprint density at radius 2 is 0.655 bits per heavy atom. The number of aliphatic carboxylic acids is 1. The van der Waals surface area contributed by atoms with Gasteiger partial charge in [0.15, 0.2) is 12.4 Å². The van der Waals surface area contributed by atoms with Crippen LogP contribution >= 0.6 is 0 Å². The number of ether oxygens (including phenoxy) is 4. The van der Waals surface area contributed by atoms with Gasteiger partial charge in [-0.1, -0.05) is 329 Å². The van der Waals surface area contributed by atoms with Crippen molar-refractivity contribution in [2.24, 2.45) is 0 Å². The first-order valence-electron chi connectivity index (χ1n) is 36.4. The van der Waals surface area contributed by atoms with Crippen LogP contribution in [0.15, 0.2) is 97.2 Å². The number of likely N-dealkylation sites (N-methyl/N-ethyl adjacent to an activating group) is 1. The molecular weight excluding hydrogens is 1080 g/mol. The molecule has 0 spiro atoms. The van der Waals surface area contributed by atoms with Crippen molar-refractivity contribution >= 4 is 17.9 Å². The Kier molecular flexibility index (Phi) is 65.2. The van der Waals surface area contributed by atoms with Crippen molar-refractivity contribution in [3.8, 4) is 0 Å². The number of quaternary nitrogens is 1. The number of unbranched alkanes of at least 4 members (excludes halogenated alkanes) is 36. The van der Waals surface area contributed by atoms with Crippen molar-refractivity contribution < 1.29 is 42.9 Å². The molecule has 0 aliphatic heterocycles. The topological polar surface area (TPSA) is 111 Å². The van der Waals surface area contributed by atoms with Crippen molar-refractivity contribution in [3.05, 3.63) is 97.2 Å². The number of rotatable bonds is 67. The van der Waals surface area contributed by atoms with Crippen LogP contribution < -0.4 is 5.11 Å². The van der Waals surface area contributed by atoms with Crippen LogP contribution in [0, 0.1) is 0 Å². The van der Waals surface area contributed by atoms with Gasteiger partial charge in [-0.2, -0.15) is 0 Å². The molecule has 0 fully saturated rings. The summed E-state index contributed by atoms with van der Waals surface area (Å²) in [4.78, 5) is 37.5. The highest BCUT2D eigenvalue weighted by Gasteiger charge is 2.22. The first kappa shape index (κ1) is 83.2. The van der Waals surface area contributed by atoms with Crippen molar-refractivity contribution in [2.45, 2.75) is 334 Å². The summed E-state index contributed by atoms with van der Waals surface area (Å²) in [5, 5.41) is 11.8. The van der Waals surface area contributed by atoms with Gasteiger partial charge in [-0.25, -0.2) is 0 Å². The summed E-state index contributed by atoms with van der Waals surface area (Å²) in [5.74, 6) is -2.27. The molecule has 0 aromatic rings. The lowest BCUT2D eigenvalue weighted by molar-refractivity contribution is -0.870. The monoisotopic (exact) mass is 1220 g/mol. The third-order valence-corrected chi connectivity index (χ3v) is 15.8. The highest BCUT2D eigenvalue weighted by Crippen LogP contribution is 2.18. The maximum absolute atomic E-state index is 12.9. The van der Waals surface area contributed by atoms with E-state index in [-0.39, 0.29) is 32.2 Å². The molecule has 87 heavy (non-hydrogen) atoms. The number of hydrogen-bond donors (Lipinski definition) is 0. The van der Waals surface area contributed by atoms with Crippen LogP contribution in [0.1, 0.15) is 322 Å². The Bertz CT molecular complexity index is 1750. The molecule has 0 saturated carbocycles. The Morgan fingerprint density at radius 3 is 0.977 bits per heavy atom. The number of carbonyl (C=O) groups excluding carboxylic acids is 3. The maximum atomic E-state index is 12.9. The predicted octanol–water partition coefficient (Wildman–Crippen LogP) is 21.5. The highest BCUT2D eigenvalue weighted by atomic mass is 16.7. The fourth-order valence-electron chi connectivity index (χ4n) is 10.3. The lowest BCUT2D eigenvalue weighted by atomic mass is 10.0. The van der Waals surface area contributed by atoms with Gasteiger partial charge in [0, 0.05) is 12.8 Å². The van der Waals surface area contributed by atoms with E-state index in [4.69, 9.17) is 18.9 Å². The zero-order valence-corrected chi connectivity index (χ0v) is 57.4. The molecule has 0 heterocycles. The lowest BCUT2D eigenvalue weighted by Crippen LogP contribution is -2.44. The molecule has 0 aromatic heterocycles. The first-order chi connectivity index (χ1) is 42.6. The summed E-state index contributed by atoms with van der Waals surface area (Å²) in [5.41, 5.74) is 0. The maximum Gasteiger partial charge on any atom is 0.306 e. The number of esters is 2. The first-order valence-corrected chi connectivity index (χ1v) is 36.4. The van der Waals surface area contributed by atoms with E-state index in [1.54, 1.807) is 0 Å². The number of carboxylic acids is 1. The third-order valence-electron chi connectivity index (χ3n) is 15.8. The molecule has 9 nitrogen and oxygen atoms in total. The average Bonchev–Trinajstić information content (AvgIpc) is 3.57. The van der Waals surface area contributed by atoms with Crippen LogP contribution in [0.25, 0.3) is 0 Å². The molecule has 0 bridgehead atoms. The van der Waals surface area contributed by atoms with Gasteiger partial charge >= 0.3 is 11.9 Å². The molecule has 0 aliphatic rings. The molecule has 0 N–H and O–H groups in total. The average molecular weight is 1220 g/mol. The highest BCUT2D eigenvalue weighted by molar-refractivity contribution is 5.70. The Hall–Kier alpha value is -3.79. The van der Waals surface area contributed by atoms with Gasteiger partial charge in [-0.15, -0.1) is 0 Å². The molecule has 9 heteroatoms. The fourth-order valence-corrected chi connectivity index (χ4v) is 10.3. The molecule has 0 aliphatic carbocycles. The van der Waals surface area contributed by atoms with E-state index in [9.17, 15) is 19.5 Å². The van der Waals surface area contributed by atoms with Gasteiger partial charge in [0.1, 0.15) is 13.2 Å². The van der Waals surface area contributed by atoms with E-state index in [0.29, 0.717) is 23.9 Å². The van der Waals surface area contributed by atoms with Gasteiger partial charge in [-0.05, 0) is 77.0 Å². The van der Waals surface area contributed by atoms with Crippen LogP contribution in [-0.4, -0.2) is 82.3 Å². The Morgan fingerprint density at radius 1 is 0.356 bits per heavy atom. The van der Waals surface area contributed by atoms with Gasteiger partial charge in [0.2, 0.25) is 0 Å². The summed E-state index contributed by atoms with van der Waals surface area (Å²) in [6, 6.07) is 0. The van der Waals surface area contributed by atoms with Crippen LogP contribution in [0.4, 0.5) is 0 Å². The quantitative estimate of drug-likeness (QED) is 0.0195. The second-order valence-electron chi connectivity index (χ2n) is 25.5. The number of allylic oxidation sites excluding steroid dienone is 16. The van der Waals surface area contributed by atoms with Gasteiger partial charge in [0.05, 0.1) is 40.3 Å². The van der Waals surface area contributed by atoms with E-state index in [1.165, 1.54) is 199 Å². The number of hydrogen-bond acceptors (Lipinski definition) is 8. The molecule has 0 rings (SSSR count). The minimum atomic E-state index is -1.63. The number of nitrogens with zero attached hydrogens (tertiary/aromatic N) is 1.